The molecule has 0 spiro atoms. The number of anilines is 2. The molecule has 5 N–H and O–H groups in total. The van der Waals surface area contributed by atoms with Gasteiger partial charge in [-0.2, -0.15) is 5.26 Å². The van der Waals surface area contributed by atoms with E-state index in [1.165, 1.54) is 19.0 Å². The summed E-state index contributed by atoms with van der Waals surface area (Å²) in [5, 5.41) is 18.2. The monoisotopic (exact) mass is 673 g/mol. The summed E-state index contributed by atoms with van der Waals surface area (Å²) in [6.07, 6.45) is 4.93. The molecule has 2 amide bonds. The average molecular weight is 674 g/mol. The third kappa shape index (κ3) is 7.90. The molecule has 0 radical (unpaired) electrons. The Labute approximate surface area is 292 Å². The molecular weight excluding hydrogens is 630 g/mol. The standard InChI is InChI=1S/C38H43N9O3/c1-4-47(31-11-12-33(40)32(20-31)36(41)28-9-10-29(21-39)34(19-28)50-3)38(49)30-13-16-45(22-30)23-35(48)46-17-14-26(15-18-46)25-5-7-27(8-6-25)37(42)44-24-43-2/h5-12,14,19-20,24,30,41H,4,13,15-18,22-23,40H2,1-3H3,(H2,42,43,44)/t30-/m1/s1. The number of hydrogen-bond acceptors (Lipinski definition) is 8. The van der Waals surface area contributed by atoms with Gasteiger partial charge in [-0.05, 0) is 67.8 Å². The van der Waals surface area contributed by atoms with E-state index >= 15 is 0 Å². The molecule has 50 heavy (non-hydrogen) atoms. The molecular formula is C38H43N9O3. The number of nitriles is 1. The molecule has 0 unspecified atom stereocenters. The van der Waals surface area contributed by atoms with Gasteiger partial charge in [-0.15, -0.1) is 0 Å². The third-order valence-electron chi connectivity index (χ3n) is 9.22. The number of methoxy groups -OCH3 is 1. The zero-order valence-electron chi connectivity index (χ0n) is 28.7. The van der Waals surface area contributed by atoms with Crippen LogP contribution in [0.3, 0.4) is 0 Å². The van der Waals surface area contributed by atoms with Crippen LogP contribution in [0, 0.1) is 22.7 Å². The molecule has 0 aromatic heterocycles. The maximum absolute atomic E-state index is 13.8. The fourth-order valence-electron chi connectivity index (χ4n) is 6.39. The summed E-state index contributed by atoms with van der Waals surface area (Å²) in [7, 11) is 3.12. The van der Waals surface area contributed by atoms with Crippen molar-refractivity contribution in [1.82, 2.24) is 9.80 Å². The van der Waals surface area contributed by atoms with Gasteiger partial charge in [0, 0.05) is 61.3 Å². The first-order valence-electron chi connectivity index (χ1n) is 16.6. The molecule has 12 heteroatoms. The van der Waals surface area contributed by atoms with Crippen molar-refractivity contribution in [2.45, 2.75) is 19.8 Å². The molecule has 2 heterocycles. The highest BCUT2D eigenvalue weighted by Gasteiger charge is 2.33. The highest BCUT2D eigenvalue weighted by atomic mass is 16.5. The van der Waals surface area contributed by atoms with E-state index in [0.717, 1.165) is 17.5 Å². The summed E-state index contributed by atoms with van der Waals surface area (Å²) >= 11 is 0. The Morgan fingerprint density at radius 1 is 1.12 bits per heavy atom. The number of aliphatic imine (C=N–C) groups is 2. The number of ether oxygens (including phenoxy) is 1. The lowest BCUT2D eigenvalue weighted by Gasteiger charge is -2.29. The number of nitrogen functional groups attached to an aromatic ring is 1. The molecule has 258 valence electrons. The maximum atomic E-state index is 13.8. The second kappa shape index (κ2) is 16.1. The summed E-state index contributed by atoms with van der Waals surface area (Å²) in [6, 6.07) is 20.2. The maximum Gasteiger partial charge on any atom is 0.237 e. The van der Waals surface area contributed by atoms with E-state index in [1.54, 1.807) is 48.3 Å². The molecule has 2 aliphatic rings. The van der Waals surface area contributed by atoms with Crippen molar-refractivity contribution in [1.29, 1.82) is 10.7 Å². The summed E-state index contributed by atoms with van der Waals surface area (Å²) in [5.41, 5.74) is 18.0. The zero-order chi connectivity index (χ0) is 35.8. The number of carbonyl (C=O) groups is 2. The van der Waals surface area contributed by atoms with Crippen LogP contribution in [0.5, 0.6) is 5.75 Å². The Hall–Kier alpha value is -5.80. The summed E-state index contributed by atoms with van der Waals surface area (Å²) in [6.45, 7) is 4.96. The molecule has 0 saturated carbocycles. The molecule has 0 aliphatic carbocycles. The van der Waals surface area contributed by atoms with Crippen LogP contribution in [-0.4, -0.2) is 92.9 Å². The van der Waals surface area contributed by atoms with E-state index in [-0.39, 0.29) is 30.0 Å². The molecule has 1 saturated heterocycles. The molecule has 1 fully saturated rings. The second-order valence-corrected chi connectivity index (χ2v) is 12.3. The first-order chi connectivity index (χ1) is 24.2. The fourth-order valence-corrected chi connectivity index (χ4v) is 6.39. The molecule has 3 aromatic rings. The number of benzene rings is 3. The normalized spacial score (nSPS) is 16.6. The van der Waals surface area contributed by atoms with Crippen molar-refractivity contribution in [2.24, 2.45) is 21.6 Å². The minimum atomic E-state index is -0.254. The highest BCUT2D eigenvalue weighted by Crippen LogP contribution is 2.29. The molecule has 12 nitrogen and oxygen atoms in total. The third-order valence-corrected chi connectivity index (χ3v) is 9.22. The molecule has 3 aromatic carbocycles. The predicted molar refractivity (Wildman–Crippen MR) is 198 cm³/mol. The van der Waals surface area contributed by atoms with Crippen molar-refractivity contribution in [2.75, 3.05) is 64.1 Å². The Morgan fingerprint density at radius 3 is 2.54 bits per heavy atom. The predicted octanol–water partition coefficient (Wildman–Crippen LogP) is 3.92. The van der Waals surface area contributed by atoms with Gasteiger partial charge in [0.05, 0.1) is 30.8 Å². The Morgan fingerprint density at radius 2 is 1.88 bits per heavy atom. The van der Waals surface area contributed by atoms with E-state index in [2.05, 4.69) is 27.0 Å². The van der Waals surface area contributed by atoms with Crippen LogP contribution in [0.2, 0.25) is 0 Å². The van der Waals surface area contributed by atoms with Gasteiger partial charge in [0.25, 0.3) is 0 Å². The number of nitrogens with one attached hydrogen (secondary N) is 1. The number of amidine groups is 1. The Bertz CT molecular complexity index is 1890. The quantitative estimate of drug-likeness (QED) is 0.157. The topological polar surface area (TPSA) is 177 Å². The van der Waals surface area contributed by atoms with Gasteiger partial charge in [-0.1, -0.05) is 36.4 Å². The number of hydrogen-bond donors (Lipinski definition) is 3. The van der Waals surface area contributed by atoms with Crippen LogP contribution in [0.4, 0.5) is 11.4 Å². The number of likely N-dealkylation sites (tertiary alicyclic amines) is 1. The minimum Gasteiger partial charge on any atom is -0.495 e. The SMILES string of the molecule is CCN(C(=O)[C@@H]1CCN(CC(=O)N2CC=C(c3ccc(C(N)=NC=NC)cc3)CC2)C1)c1ccc(N)c(C(=N)c2ccc(C#N)c(OC)c2)c1. The lowest BCUT2D eigenvalue weighted by atomic mass is 9.98. The van der Waals surface area contributed by atoms with Crippen LogP contribution in [0.1, 0.15) is 47.6 Å². The summed E-state index contributed by atoms with van der Waals surface area (Å²) in [5.74, 6) is 0.559. The van der Waals surface area contributed by atoms with Crippen LogP contribution < -0.4 is 21.1 Å². The highest BCUT2D eigenvalue weighted by molar-refractivity contribution is 6.15. The van der Waals surface area contributed by atoms with Crippen molar-refractivity contribution < 1.29 is 14.3 Å². The van der Waals surface area contributed by atoms with Gasteiger partial charge in [-0.25, -0.2) is 4.99 Å². The van der Waals surface area contributed by atoms with Gasteiger partial charge in [-0.3, -0.25) is 24.9 Å². The number of nitrogens with zero attached hydrogens (tertiary/aromatic N) is 6. The van der Waals surface area contributed by atoms with Crippen molar-refractivity contribution in [3.05, 3.63) is 94.6 Å². The Kier molecular flexibility index (Phi) is 11.4. The van der Waals surface area contributed by atoms with Crippen LogP contribution in [0.25, 0.3) is 5.57 Å². The van der Waals surface area contributed by atoms with Crippen LogP contribution >= 0.6 is 0 Å². The summed E-state index contributed by atoms with van der Waals surface area (Å²) < 4.78 is 5.32. The van der Waals surface area contributed by atoms with Gasteiger partial charge in [0.15, 0.2) is 0 Å². The van der Waals surface area contributed by atoms with E-state index in [4.69, 9.17) is 21.6 Å². The van der Waals surface area contributed by atoms with Crippen molar-refractivity contribution >= 4 is 46.6 Å². The van der Waals surface area contributed by atoms with Crippen LogP contribution in [-0.2, 0) is 9.59 Å². The lowest BCUT2D eigenvalue weighted by molar-refractivity contribution is -0.132. The lowest BCUT2D eigenvalue weighted by Crippen LogP contribution is -2.42. The van der Waals surface area contributed by atoms with E-state index in [1.807, 2.05) is 36.1 Å². The van der Waals surface area contributed by atoms with Gasteiger partial charge >= 0.3 is 0 Å². The van der Waals surface area contributed by atoms with Gasteiger partial charge in [0.1, 0.15) is 24.0 Å². The Balaban J connectivity index is 1.18. The zero-order valence-corrected chi connectivity index (χ0v) is 28.7. The molecule has 2 aliphatic heterocycles. The van der Waals surface area contributed by atoms with E-state index < -0.39 is 0 Å². The molecule has 5 rings (SSSR count). The first kappa shape index (κ1) is 35.5. The van der Waals surface area contributed by atoms with Gasteiger partial charge < -0.3 is 26.0 Å². The smallest absolute Gasteiger partial charge is 0.237 e. The van der Waals surface area contributed by atoms with E-state index in [9.17, 15) is 14.9 Å². The molecule has 0 bridgehead atoms. The first-order valence-corrected chi connectivity index (χ1v) is 16.6. The van der Waals surface area contributed by atoms with Crippen molar-refractivity contribution in [3.63, 3.8) is 0 Å². The van der Waals surface area contributed by atoms with Crippen LogP contribution in [0.15, 0.2) is 76.7 Å². The number of nitrogens with two attached hydrogens (primary N) is 2. The minimum absolute atomic E-state index is 0.0205. The average Bonchev–Trinajstić information content (AvgIpc) is 3.62. The molecule has 1 atom stereocenters. The number of amides is 2. The fraction of sp³-hybridized carbons (Fsp3) is 0.316. The number of carbonyl (C=O) groups excluding carboxylic acids is 2. The van der Waals surface area contributed by atoms with E-state index in [0.29, 0.717) is 78.8 Å². The van der Waals surface area contributed by atoms with Crippen molar-refractivity contribution in [3.8, 4) is 11.8 Å². The number of rotatable bonds is 11. The largest absolute Gasteiger partial charge is 0.495 e. The second-order valence-electron chi connectivity index (χ2n) is 12.3. The summed E-state index contributed by atoms with van der Waals surface area (Å²) in [4.78, 5) is 40.7. The van der Waals surface area contributed by atoms with Gasteiger partial charge in [0.2, 0.25) is 11.8 Å².